The lowest BCUT2D eigenvalue weighted by Crippen LogP contribution is -2.44. The van der Waals surface area contributed by atoms with Crippen LogP contribution < -0.4 is 0 Å². The molecule has 0 rings (SSSR count). The Morgan fingerprint density at radius 1 is 1.33 bits per heavy atom. The molecule has 1 atom stereocenters. The van der Waals surface area contributed by atoms with Gasteiger partial charge >= 0.3 is 5.97 Å². The molecule has 0 aliphatic carbocycles. The van der Waals surface area contributed by atoms with Crippen molar-refractivity contribution >= 4 is 11.9 Å². The molecule has 0 saturated carbocycles. The molecular formula is C13H25NO4. The fourth-order valence-corrected chi connectivity index (χ4v) is 1.69. The van der Waals surface area contributed by atoms with E-state index in [-0.39, 0.29) is 19.1 Å². The first-order valence-electron chi connectivity index (χ1n) is 6.28. The maximum absolute atomic E-state index is 12.3. The molecule has 0 bridgehead atoms. The summed E-state index contributed by atoms with van der Waals surface area (Å²) >= 11 is 0. The van der Waals surface area contributed by atoms with Gasteiger partial charge in [-0.25, -0.2) is 0 Å². The highest BCUT2D eigenvalue weighted by atomic mass is 16.5. The third-order valence-corrected chi connectivity index (χ3v) is 2.66. The Kier molecular flexibility index (Phi) is 6.91. The van der Waals surface area contributed by atoms with Crippen LogP contribution in [0.15, 0.2) is 0 Å². The van der Waals surface area contributed by atoms with E-state index in [1.807, 2.05) is 20.8 Å². The van der Waals surface area contributed by atoms with Crippen LogP contribution in [0.25, 0.3) is 0 Å². The molecule has 1 unspecified atom stereocenters. The molecule has 0 radical (unpaired) electrons. The van der Waals surface area contributed by atoms with Gasteiger partial charge in [-0.3, -0.25) is 9.59 Å². The summed E-state index contributed by atoms with van der Waals surface area (Å²) in [6.45, 7) is 7.96. The molecule has 0 aliphatic heterocycles. The molecule has 0 aliphatic rings. The number of ether oxygens (including phenoxy) is 1. The summed E-state index contributed by atoms with van der Waals surface area (Å²) in [6, 6.07) is 0. The fourth-order valence-electron chi connectivity index (χ4n) is 1.69. The SMILES string of the molecule is CCOC(=O)C(C(=O)N(C)CCCO)C(C)(C)C. The topological polar surface area (TPSA) is 66.8 Å². The van der Waals surface area contributed by atoms with E-state index in [1.54, 1.807) is 14.0 Å². The first kappa shape index (κ1) is 16.9. The molecule has 18 heavy (non-hydrogen) atoms. The second kappa shape index (κ2) is 7.36. The third-order valence-electron chi connectivity index (χ3n) is 2.66. The first-order valence-corrected chi connectivity index (χ1v) is 6.28. The smallest absolute Gasteiger partial charge is 0.319 e. The lowest BCUT2D eigenvalue weighted by atomic mass is 9.80. The molecule has 0 saturated heterocycles. The Bertz CT molecular complexity index is 283. The normalized spacial score (nSPS) is 13.0. The Hall–Kier alpha value is -1.10. The summed E-state index contributed by atoms with van der Waals surface area (Å²) in [6.07, 6.45) is 0.502. The fraction of sp³-hybridized carbons (Fsp3) is 0.846. The van der Waals surface area contributed by atoms with E-state index in [0.717, 1.165) is 0 Å². The lowest BCUT2D eigenvalue weighted by molar-refractivity contribution is -0.160. The number of aliphatic hydroxyl groups is 1. The predicted molar refractivity (Wildman–Crippen MR) is 68.9 cm³/mol. The number of carbonyl (C=O) groups excluding carboxylic acids is 2. The van der Waals surface area contributed by atoms with Crippen molar-refractivity contribution in [2.75, 3.05) is 26.8 Å². The molecule has 106 valence electrons. The van der Waals surface area contributed by atoms with Crippen LogP contribution in [0.1, 0.15) is 34.1 Å². The summed E-state index contributed by atoms with van der Waals surface area (Å²) in [4.78, 5) is 25.6. The van der Waals surface area contributed by atoms with Crippen molar-refractivity contribution in [1.82, 2.24) is 4.90 Å². The molecule has 0 aromatic heterocycles. The van der Waals surface area contributed by atoms with Gasteiger partial charge < -0.3 is 14.7 Å². The quantitative estimate of drug-likeness (QED) is 0.572. The third kappa shape index (κ3) is 5.04. The molecule has 0 spiro atoms. The van der Waals surface area contributed by atoms with Crippen LogP contribution in [0.4, 0.5) is 0 Å². The van der Waals surface area contributed by atoms with E-state index in [9.17, 15) is 9.59 Å². The van der Waals surface area contributed by atoms with E-state index < -0.39 is 17.3 Å². The van der Waals surface area contributed by atoms with Crippen LogP contribution in [0.5, 0.6) is 0 Å². The second-order valence-electron chi connectivity index (χ2n) is 5.39. The number of aliphatic hydroxyl groups excluding tert-OH is 1. The Morgan fingerprint density at radius 2 is 1.89 bits per heavy atom. The maximum atomic E-state index is 12.3. The lowest BCUT2D eigenvalue weighted by Gasteiger charge is -2.31. The molecule has 0 fully saturated rings. The van der Waals surface area contributed by atoms with Crippen LogP contribution in [0.3, 0.4) is 0 Å². The van der Waals surface area contributed by atoms with Gasteiger partial charge in [0, 0.05) is 20.2 Å². The van der Waals surface area contributed by atoms with Gasteiger partial charge in [-0.1, -0.05) is 20.8 Å². The highest BCUT2D eigenvalue weighted by molar-refractivity contribution is 5.98. The van der Waals surface area contributed by atoms with Crippen molar-refractivity contribution in [2.45, 2.75) is 34.1 Å². The van der Waals surface area contributed by atoms with Gasteiger partial charge in [-0.05, 0) is 18.8 Å². The maximum Gasteiger partial charge on any atom is 0.319 e. The number of hydrogen-bond acceptors (Lipinski definition) is 4. The molecule has 0 aromatic rings. The van der Waals surface area contributed by atoms with Crippen molar-refractivity contribution in [3.8, 4) is 0 Å². The van der Waals surface area contributed by atoms with E-state index in [0.29, 0.717) is 13.0 Å². The minimum atomic E-state index is -0.804. The van der Waals surface area contributed by atoms with Crippen molar-refractivity contribution in [2.24, 2.45) is 11.3 Å². The van der Waals surface area contributed by atoms with Crippen LogP contribution in [-0.4, -0.2) is 48.7 Å². The highest BCUT2D eigenvalue weighted by Crippen LogP contribution is 2.28. The van der Waals surface area contributed by atoms with Crippen LogP contribution in [-0.2, 0) is 14.3 Å². The Balaban J connectivity index is 4.86. The van der Waals surface area contributed by atoms with E-state index in [4.69, 9.17) is 9.84 Å². The van der Waals surface area contributed by atoms with Gasteiger partial charge in [0.2, 0.25) is 5.91 Å². The predicted octanol–water partition coefficient (Wildman–Crippen LogP) is 1.05. The van der Waals surface area contributed by atoms with Gasteiger partial charge in [0.25, 0.3) is 0 Å². The van der Waals surface area contributed by atoms with Gasteiger partial charge in [0.15, 0.2) is 0 Å². The standard InChI is InChI=1S/C13H25NO4/c1-6-18-12(17)10(13(2,3)4)11(16)14(5)8-7-9-15/h10,15H,6-9H2,1-5H3. The van der Waals surface area contributed by atoms with Crippen LogP contribution in [0.2, 0.25) is 0 Å². The summed E-state index contributed by atoms with van der Waals surface area (Å²) in [5, 5.41) is 8.76. The average Bonchev–Trinajstić information content (AvgIpc) is 2.24. The first-order chi connectivity index (χ1) is 8.25. The molecular weight excluding hydrogens is 234 g/mol. The van der Waals surface area contributed by atoms with E-state index in [1.165, 1.54) is 4.90 Å². The summed E-state index contributed by atoms with van der Waals surface area (Å²) < 4.78 is 4.97. The molecule has 5 heteroatoms. The number of carbonyl (C=O) groups is 2. The summed E-state index contributed by atoms with van der Waals surface area (Å²) in [7, 11) is 1.63. The zero-order valence-corrected chi connectivity index (χ0v) is 12.0. The van der Waals surface area contributed by atoms with Gasteiger partial charge in [0.05, 0.1) is 6.61 Å². The second-order valence-corrected chi connectivity index (χ2v) is 5.39. The van der Waals surface area contributed by atoms with Crippen molar-refractivity contribution < 1.29 is 19.4 Å². The Morgan fingerprint density at radius 3 is 2.28 bits per heavy atom. The zero-order chi connectivity index (χ0) is 14.3. The molecule has 1 amide bonds. The number of esters is 1. The molecule has 5 nitrogen and oxygen atoms in total. The Labute approximate surface area is 109 Å². The van der Waals surface area contributed by atoms with E-state index >= 15 is 0 Å². The van der Waals surface area contributed by atoms with Crippen LogP contribution >= 0.6 is 0 Å². The van der Waals surface area contributed by atoms with Gasteiger partial charge in [-0.2, -0.15) is 0 Å². The molecule has 0 heterocycles. The number of nitrogens with zero attached hydrogens (tertiary/aromatic N) is 1. The van der Waals surface area contributed by atoms with Gasteiger partial charge in [0.1, 0.15) is 5.92 Å². The number of rotatable bonds is 6. The zero-order valence-electron chi connectivity index (χ0n) is 12.0. The number of hydrogen-bond donors (Lipinski definition) is 1. The monoisotopic (exact) mass is 259 g/mol. The van der Waals surface area contributed by atoms with Crippen molar-refractivity contribution in [1.29, 1.82) is 0 Å². The summed E-state index contributed by atoms with van der Waals surface area (Å²) in [5.41, 5.74) is -0.489. The minimum Gasteiger partial charge on any atom is -0.465 e. The van der Waals surface area contributed by atoms with Crippen molar-refractivity contribution in [3.63, 3.8) is 0 Å². The highest BCUT2D eigenvalue weighted by Gasteiger charge is 2.40. The molecule has 1 N–H and O–H groups in total. The van der Waals surface area contributed by atoms with Crippen LogP contribution in [0, 0.1) is 11.3 Å². The average molecular weight is 259 g/mol. The largest absolute Gasteiger partial charge is 0.465 e. The van der Waals surface area contributed by atoms with Crippen molar-refractivity contribution in [3.05, 3.63) is 0 Å². The molecule has 0 aromatic carbocycles. The van der Waals surface area contributed by atoms with Gasteiger partial charge in [-0.15, -0.1) is 0 Å². The van der Waals surface area contributed by atoms with E-state index in [2.05, 4.69) is 0 Å². The minimum absolute atomic E-state index is 0.0250. The summed E-state index contributed by atoms with van der Waals surface area (Å²) in [5.74, 6) is -1.54. The number of amides is 1.